The fourth-order valence-electron chi connectivity index (χ4n) is 1.27. The summed E-state index contributed by atoms with van der Waals surface area (Å²) in [5.74, 6) is -2.48. The second-order valence-corrected chi connectivity index (χ2v) is 3.84. The Labute approximate surface area is 94.2 Å². The number of halogens is 4. The Morgan fingerprint density at radius 1 is 1.29 bits per heavy atom. The van der Waals surface area contributed by atoms with Gasteiger partial charge in [0.25, 0.3) is 0 Å². The number of benzene rings is 1. The number of rotatable bonds is 2. The van der Waals surface area contributed by atoms with Crippen LogP contribution in [0.3, 0.4) is 0 Å². The predicted molar refractivity (Wildman–Crippen MR) is 49.8 cm³/mol. The lowest BCUT2D eigenvalue weighted by atomic mass is 10.2. The molecule has 0 spiro atoms. The maximum atomic E-state index is 13.2. The van der Waals surface area contributed by atoms with Crippen molar-refractivity contribution in [3.8, 4) is 5.75 Å². The van der Waals surface area contributed by atoms with Crippen LogP contribution in [0.2, 0.25) is 0 Å². The van der Waals surface area contributed by atoms with E-state index in [-0.39, 0.29) is 5.92 Å². The maximum absolute atomic E-state index is 13.2. The molecule has 92 valence electrons. The molecule has 0 N–H and O–H groups in total. The Morgan fingerprint density at radius 2 is 1.94 bits per heavy atom. The van der Waals surface area contributed by atoms with E-state index in [0.717, 1.165) is 6.07 Å². The molecule has 0 heterocycles. The lowest BCUT2D eigenvalue weighted by Crippen LogP contribution is -2.12. The topological polar surface area (TPSA) is 26.3 Å². The van der Waals surface area contributed by atoms with Crippen LogP contribution in [0.15, 0.2) is 18.2 Å². The molecule has 1 aromatic rings. The Hall–Kier alpha value is -1.59. The van der Waals surface area contributed by atoms with E-state index in [9.17, 15) is 22.4 Å². The maximum Gasteiger partial charge on any atom is 0.416 e. The molecule has 2 nitrogen and oxygen atoms in total. The molecule has 1 aliphatic rings. The minimum absolute atomic E-state index is 0.239. The van der Waals surface area contributed by atoms with Crippen LogP contribution in [-0.4, -0.2) is 5.97 Å². The van der Waals surface area contributed by atoms with E-state index in [1.54, 1.807) is 0 Å². The molecule has 2 rings (SSSR count). The number of ether oxygens (including phenoxy) is 1. The molecule has 0 radical (unpaired) electrons. The third kappa shape index (κ3) is 2.75. The highest BCUT2D eigenvalue weighted by atomic mass is 19.4. The van der Waals surface area contributed by atoms with Gasteiger partial charge >= 0.3 is 12.1 Å². The van der Waals surface area contributed by atoms with Crippen molar-refractivity contribution < 1.29 is 27.1 Å². The zero-order valence-electron chi connectivity index (χ0n) is 8.55. The van der Waals surface area contributed by atoms with Gasteiger partial charge in [-0.25, -0.2) is 4.39 Å². The highest BCUT2D eigenvalue weighted by Crippen LogP contribution is 2.34. The average molecular weight is 248 g/mol. The lowest BCUT2D eigenvalue weighted by Gasteiger charge is -2.09. The van der Waals surface area contributed by atoms with Crippen LogP contribution in [0.5, 0.6) is 5.75 Å². The normalized spacial score (nSPS) is 15.8. The van der Waals surface area contributed by atoms with Crippen molar-refractivity contribution in [1.29, 1.82) is 0 Å². The molecule has 0 bridgehead atoms. The number of hydrogen-bond acceptors (Lipinski definition) is 2. The van der Waals surface area contributed by atoms with E-state index in [0.29, 0.717) is 25.0 Å². The van der Waals surface area contributed by atoms with Crippen molar-refractivity contribution in [2.45, 2.75) is 19.0 Å². The zero-order valence-corrected chi connectivity index (χ0v) is 8.55. The van der Waals surface area contributed by atoms with E-state index < -0.39 is 29.3 Å². The molecule has 17 heavy (non-hydrogen) atoms. The Balaban J connectivity index is 2.16. The summed E-state index contributed by atoms with van der Waals surface area (Å²) >= 11 is 0. The summed E-state index contributed by atoms with van der Waals surface area (Å²) < 4.78 is 54.6. The first-order valence-electron chi connectivity index (χ1n) is 4.96. The van der Waals surface area contributed by atoms with E-state index in [1.165, 1.54) is 0 Å². The highest BCUT2D eigenvalue weighted by molar-refractivity contribution is 5.77. The lowest BCUT2D eigenvalue weighted by molar-refractivity contribution is -0.137. The molecule has 6 heteroatoms. The van der Waals surface area contributed by atoms with Crippen LogP contribution in [-0.2, 0) is 11.0 Å². The summed E-state index contributed by atoms with van der Waals surface area (Å²) in [7, 11) is 0. The second-order valence-electron chi connectivity index (χ2n) is 3.84. The van der Waals surface area contributed by atoms with Gasteiger partial charge in [0.05, 0.1) is 11.5 Å². The quantitative estimate of drug-likeness (QED) is 0.456. The van der Waals surface area contributed by atoms with Crippen molar-refractivity contribution in [3.05, 3.63) is 29.6 Å². The number of hydrogen-bond donors (Lipinski definition) is 0. The van der Waals surface area contributed by atoms with Gasteiger partial charge in [0.1, 0.15) is 0 Å². The molecule has 1 aliphatic carbocycles. The van der Waals surface area contributed by atoms with Gasteiger partial charge in [0.15, 0.2) is 11.6 Å². The second kappa shape index (κ2) is 4.01. The van der Waals surface area contributed by atoms with E-state index in [2.05, 4.69) is 4.74 Å². The SMILES string of the molecule is O=C(Oc1ccc(C(F)(F)F)cc1F)C1CC1. The van der Waals surface area contributed by atoms with Crippen molar-refractivity contribution in [2.75, 3.05) is 0 Å². The molecule has 0 unspecified atom stereocenters. The molecule has 1 fully saturated rings. The van der Waals surface area contributed by atoms with E-state index >= 15 is 0 Å². The van der Waals surface area contributed by atoms with Crippen molar-refractivity contribution in [1.82, 2.24) is 0 Å². The van der Waals surface area contributed by atoms with Gasteiger partial charge in [0, 0.05) is 0 Å². The number of esters is 1. The number of carbonyl (C=O) groups is 1. The van der Waals surface area contributed by atoms with Crippen molar-refractivity contribution in [2.24, 2.45) is 5.92 Å². The summed E-state index contributed by atoms with van der Waals surface area (Å²) in [6, 6.07) is 1.81. The molecule has 0 aromatic heterocycles. The fraction of sp³-hybridized carbons (Fsp3) is 0.364. The highest BCUT2D eigenvalue weighted by Gasteiger charge is 2.34. The van der Waals surface area contributed by atoms with Gasteiger partial charge in [-0.15, -0.1) is 0 Å². The van der Waals surface area contributed by atoms with Gasteiger partial charge < -0.3 is 4.74 Å². The summed E-state index contributed by atoms with van der Waals surface area (Å²) in [4.78, 5) is 11.2. The molecule has 0 saturated heterocycles. The molecule has 1 aromatic carbocycles. The molecule has 0 atom stereocenters. The third-order valence-electron chi connectivity index (χ3n) is 2.38. The standard InChI is InChI=1S/C11H8F4O2/c12-8-5-7(11(13,14)15)3-4-9(8)17-10(16)6-1-2-6/h3-6H,1-2H2. The molecule has 0 amide bonds. The first-order valence-corrected chi connectivity index (χ1v) is 4.96. The summed E-state index contributed by atoms with van der Waals surface area (Å²) in [6.45, 7) is 0. The van der Waals surface area contributed by atoms with Gasteiger partial charge in [-0.1, -0.05) is 0 Å². The Bertz CT molecular complexity index is 449. The first-order chi connectivity index (χ1) is 7.88. The zero-order chi connectivity index (χ0) is 12.6. The Morgan fingerprint density at radius 3 is 2.41 bits per heavy atom. The van der Waals surface area contributed by atoms with Crippen molar-refractivity contribution >= 4 is 5.97 Å². The van der Waals surface area contributed by atoms with Crippen molar-refractivity contribution in [3.63, 3.8) is 0 Å². The number of alkyl halides is 3. The van der Waals surface area contributed by atoms with Crippen LogP contribution in [0.1, 0.15) is 18.4 Å². The van der Waals surface area contributed by atoms with Gasteiger partial charge in [0.2, 0.25) is 0 Å². The third-order valence-corrected chi connectivity index (χ3v) is 2.38. The molecular formula is C11H8F4O2. The summed E-state index contributed by atoms with van der Waals surface area (Å²) in [5.41, 5.74) is -1.11. The fourth-order valence-corrected chi connectivity index (χ4v) is 1.27. The van der Waals surface area contributed by atoms with Crippen LogP contribution in [0, 0.1) is 11.7 Å². The van der Waals surface area contributed by atoms with Crippen LogP contribution in [0.25, 0.3) is 0 Å². The van der Waals surface area contributed by atoms with Crippen LogP contribution < -0.4 is 4.74 Å². The Kier molecular flexibility index (Phi) is 2.81. The van der Waals surface area contributed by atoms with E-state index in [1.807, 2.05) is 0 Å². The first kappa shape index (κ1) is 11.9. The molecule has 0 aliphatic heterocycles. The molecular weight excluding hydrogens is 240 g/mol. The average Bonchev–Trinajstić information content (AvgIpc) is 3.02. The summed E-state index contributed by atoms with van der Waals surface area (Å²) in [6.07, 6.45) is -3.25. The predicted octanol–water partition coefficient (Wildman–Crippen LogP) is 3.16. The number of carbonyl (C=O) groups excluding carboxylic acids is 1. The van der Waals surface area contributed by atoms with Gasteiger partial charge in [-0.3, -0.25) is 4.79 Å². The molecule has 1 saturated carbocycles. The van der Waals surface area contributed by atoms with E-state index in [4.69, 9.17) is 0 Å². The van der Waals surface area contributed by atoms with Crippen LogP contribution >= 0.6 is 0 Å². The smallest absolute Gasteiger partial charge is 0.416 e. The summed E-state index contributed by atoms with van der Waals surface area (Å²) in [5, 5.41) is 0. The monoisotopic (exact) mass is 248 g/mol. The van der Waals surface area contributed by atoms with Gasteiger partial charge in [-0.05, 0) is 31.0 Å². The minimum Gasteiger partial charge on any atom is -0.423 e. The van der Waals surface area contributed by atoms with Gasteiger partial charge in [-0.2, -0.15) is 13.2 Å². The largest absolute Gasteiger partial charge is 0.423 e. The minimum atomic E-state index is -4.61. The van der Waals surface area contributed by atoms with Crippen LogP contribution in [0.4, 0.5) is 17.6 Å².